The Labute approximate surface area is 53.8 Å². The number of halogens is 1. The zero-order valence-corrected chi connectivity index (χ0v) is 5.38. The van der Waals surface area contributed by atoms with Crippen LogP contribution in [0.3, 0.4) is 0 Å². The first-order valence-corrected chi connectivity index (χ1v) is 2.69. The van der Waals surface area contributed by atoms with Crippen LogP contribution in [0.2, 0.25) is 0 Å². The summed E-state index contributed by atoms with van der Waals surface area (Å²) in [6, 6.07) is 0. The van der Waals surface area contributed by atoms with Crippen LogP contribution >= 0.6 is 15.9 Å². The second-order valence-corrected chi connectivity index (χ2v) is 1.90. The molecule has 1 heterocycles. The number of aromatic nitrogens is 1. The molecule has 1 aromatic rings. The number of hydrogen-bond acceptors (Lipinski definition) is 3. The fourth-order valence-corrected chi connectivity index (χ4v) is 0.590. The van der Waals surface area contributed by atoms with Gasteiger partial charge in [0.05, 0.1) is 6.20 Å². The molecule has 0 radical (unpaired) electrons. The van der Waals surface area contributed by atoms with Crippen molar-refractivity contribution in [1.29, 1.82) is 0 Å². The first kappa shape index (κ1) is 5.50. The summed E-state index contributed by atoms with van der Waals surface area (Å²) in [7, 11) is 0. The van der Waals surface area contributed by atoms with Crippen molar-refractivity contribution in [2.24, 2.45) is 0 Å². The topological polar surface area (TPSA) is 43.1 Å². The van der Waals surface area contributed by atoms with E-state index in [9.17, 15) is 4.79 Å². The SMILES string of the molecule is O=Cc1ncc(Br)o1. The van der Waals surface area contributed by atoms with Crippen molar-refractivity contribution in [3.63, 3.8) is 0 Å². The van der Waals surface area contributed by atoms with Gasteiger partial charge in [-0.1, -0.05) is 0 Å². The summed E-state index contributed by atoms with van der Waals surface area (Å²) >= 11 is 2.98. The van der Waals surface area contributed by atoms with Gasteiger partial charge in [-0.15, -0.1) is 0 Å². The highest BCUT2D eigenvalue weighted by Gasteiger charge is 1.95. The van der Waals surface area contributed by atoms with Gasteiger partial charge in [-0.25, -0.2) is 4.98 Å². The van der Waals surface area contributed by atoms with E-state index in [4.69, 9.17) is 0 Å². The van der Waals surface area contributed by atoms with Crippen molar-refractivity contribution < 1.29 is 9.21 Å². The standard InChI is InChI=1S/C4H2BrNO2/c5-3-1-6-4(2-7)8-3/h1-2H. The van der Waals surface area contributed by atoms with Crippen LogP contribution in [0.5, 0.6) is 0 Å². The molecule has 42 valence electrons. The molecule has 0 unspecified atom stereocenters. The van der Waals surface area contributed by atoms with Crippen molar-refractivity contribution >= 4 is 22.2 Å². The van der Waals surface area contributed by atoms with Crippen LogP contribution in [-0.2, 0) is 0 Å². The lowest BCUT2D eigenvalue weighted by Crippen LogP contribution is -1.72. The molecule has 0 saturated heterocycles. The summed E-state index contributed by atoms with van der Waals surface area (Å²) < 4.78 is 5.14. The monoisotopic (exact) mass is 175 g/mol. The minimum atomic E-state index is 0.0943. The van der Waals surface area contributed by atoms with Crippen LogP contribution in [-0.4, -0.2) is 11.3 Å². The second kappa shape index (κ2) is 2.09. The van der Waals surface area contributed by atoms with Crippen LogP contribution in [0.15, 0.2) is 15.3 Å². The number of hydrogen-bond donors (Lipinski definition) is 0. The van der Waals surface area contributed by atoms with Crippen molar-refractivity contribution in [2.45, 2.75) is 0 Å². The Kier molecular flexibility index (Phi) is 1.43. The van der Waals surface area contributed by atoms with Crippen LogP contribution in [0.25, 0.3) is 0 Å². The van der Waals surface area contributed by atoms with Gasteiger partial charge in [0.25, 0.3) is 5.89 Å². The fraction of sp³-hybridized carbons (Fsp3) is 0. The predicted octanol–water partition coefficient (Wildman–Crippen LogP) is 1.25. The smallest absolute Gasteiger partial charge is 0.260 e. The Morgan fingerprint density at radius 1 is 1.88 bits per heavy atom. The van der Waals surface area contributed by atoms with Gasteiger partial charge in [-0.3, -0.25) is 4.79 Å². The molecular weight excluding hydrogens is 174 g/mol. The van der Waals surface area contributed by atoms with E-state index in [0.29, 0.717) is 11.0 Å². The second-order valence-electron chi connectivity index (χ2n) is 1.12. The van der Waals surface area contributed by atoms with Crippen molar-refractivity contribution in [3.8, 4) is 0 Å². The van der Waals surface area contributed by atoms with Gasteiger partial charge in [0, 0.05) is 0 Å². The summed E-state index contributed by atoms with van der Waals surface area (Å²) in [4.78, 5) is 13.4. The van der Waals surface area contributed by atoms with Gasteiger partial charge in [0.1, 0.15) is 0 Å². The van der Waals surface area contributed by atoms with E-state index in [0.717, 1.165) is 0 Å². The molecule has 3 nitrogen and oxygen atoms in total. The molecule has 0 amide bonds. The molecule has 8 heavy (non-hydrogen) atoms. The predicted molar refractivity (Wildman–Crippen MR) is 29.6 cm³/mol. The molecule has 1 aromatic heterocycles. The molecule has 0 spiro atoms. The third-order valence-electron chi connectivity index (χ3n) is 0.596. The average molecular weight is 176 g/mol. The largest absolute Gasteiger partial charge is 0.427 e. The minimum absolute atomic E-state index is 0.0943. The van der Waals surface area contributed by atoms with Gasteiger partial charge in [-0.05, 0) is 15.9 Å². The van der Waals surface area contributed by atoms with Gasteiger partial charge in [0.2, 0.25) is 6.29 Å². The maximum absolute atomic E-state index is 9.84. The molecule has 0 aliphatic heterocycles. The highest BCUT2D eigenvalue weighted by molar-refractivity contribution is 9.10. The third-order valence-corrected chi connectivity index (χ3v) is 0.963. The molecule has 0 atom stereocenters. The van der Waals surface area contributed by atoms with Crippen molar-refractivity contribution in [2.75, 3.05) is 0 Å². The molecular formula is C4H2BrNO2. The van der Waals surface area contributed by atoms with Crippen LogP contribution in [0, 0.1) is 0 Å². The third kappa shape index (κ3) is 0.949. The van der Waals surface area contributed by atoms with Gasteiger partial charge in [0.15, 0.2) is 4.67 Å². The van der Waals surface area contributed by atoms with E-state index in [-0.39, 0.29) is 5.89 Å². The summed E-state index contributed by atoms with van der Waals surface area (Å²) in [5.74, 6) is 0.0943. The number of nitrogens with zero attached hydrogens (tertiary/aromatic N) is 1. The van der Waals surface area contributed by atoms with E-state index in [1.165, 1.54) is 6.20 Å². The summed E-state index contributed by atoms with van der Waals surface area (Å²) in [6.45, 7) is 0. The molecule has 0 aliphatic carbocycles. The molecule has 0 fully saturated rings. The van der Waals surface area contributed by atoms with Crippen molar-refractivity contribution in [1.82, 2.24) is 4.98 Å². The number of aldehydes is 1. The molecule has 1 rings (SSSR count). The number of carbonyl (C=O) groups excluding carboxylic acids is 1. The first-order chi connectivity index (χ1) is 3.83. The van der Waals surface area contributed by atoms with Gasteiger partial charge >= 0.3 is 0 Å². The molecule has 0 aromatic carbocycles. The summed E-state index contributed by atoms with van der Waals surface area (Å²) in [5.41, 5.74) is 0. The van der Waals surface area contributed by atoms with Crippen LogP contribution < -0.4 is 0 Å². The molecule has 0 N–H and O–H groups in total. The Hall–Kier alpha value is -0.640. The summed E-state index contributed by atoms with van der Waals surface area (Å²) in [6.07, 6.45) is 1.97. The average Bonchev–Trinajstić information content (AvgIpc) is 2.14. The van der Waals surface area contributed by atoms with E-state index in [2.05, 4.69) is 25.3 Å². The van der Waals surface area contributed by atoms with E-state index in [1.807, 2.05) is 0 Å². The lowest BCUT2D eigenvalue weighted by Gasteiger charge is -1.71. The fourth-order valence-electron chi connectivity index (χ4n) is 0.321. The maximum Gasteiger partial charge on any atom is 0.260 e. The maximum atomic E-state index is 9.84. The Bertz CT molecular complexity index is 196. The zero-order chi connectivity index (χ0) is 5.98. The lowest BCUT2D eigenvalue weighted by atomic mass is 10.8. The first-order valence-electron chi connectivity index (χ1n) is 1.89. The van der Waals surface area contributed by atoms with Crippen molar-refractivity contribution in [3.05, 3.63) is 16.8 Å². The number of carbonyl (C=O) groups is 1. The molecule has 4 heteroatoms. The number of rotatable bonds is 1. The normalized spacial score (nSPS) is 9.12. The highest BCUT2D eigenvalue weighted by Crippen LogP contribution is 2.07. The van der Waals surface area contributed by atoms with E-state index in [1.54, 1.807) is 0 Å². The number of oxazole rings is 1. The van der Waals surface area contributed by atoms with Gasteiger partial charge in [-0.2, -0.15) is 0 Å². The molecule has 0 aliphatic rings. The van der Waals surface area contributed by atoms with E-state index >= 15 is 0 Å². The zero-order valence-electron chi connectivity index (χ0n) is 3.80. The van der Waals surface area contributed by atoms with Gasteiger partial charge < -0.3 is 4.42 Å². The molecule has 0 saturated carbocycles. The highest BCUT2D eigenvalue weighted by atomic mass is 79.9. The van der Waals surface area contributed by atoms with Crippen LogP contribution in [0.1, 0.15) is 10.7 Å². The van der Waals surface area contributed by atoms with E-state index < -0.39 is 0 Å². The lowest BCUT2D eigenvalue weighted by molar-refractivity contribution is 0.109. The Balaban J connectivity index is 3.00. The minimum Gasteiger partial charge on any atom is -0.427 e. The van der Waals surface area contributed by atoms with Crippen LogP contribution in [0.4, 0.5) is 0 Å². The quantitative estimate of drug-likeness (QED) is 0.604. The molecule has 0 bridgehead atoms. The summed E-state index contributed by atoms with van der Waals surface area (Å²) in [5, 5.41) is 0. The Morgan fingerprint density at radius 2 is 2.62 bits per heavy atom. The Morgan fingerprint density at radius 3 is 2.88 bits per heavy atom.